The Morgan fingerprint density at radius 1 is 1.17 bits per heavy atom. The molecule has 1 aromatic heterocycles. The molecule has 0 saturated heterocycles. The molecule has 118 valence electrons. The zero-order chi connectivity index (χ0) is 16.4. The molecule has 2 aromatic carbocycles. The predicted molar refractivity (Wildman–Crippen MR) is 95.1 cm³/mol. The van der Waals surface area contributed by atoms with E-state index in [1.165, 1.54) is 22.2 Å². The molecule has 3 nitrogen and oxygen atoms in total. The minimum absolute atomic E-state index is 0.0922. The van der Waals surface area contributed by atoms with Gasteiger partial charge in [-0.3, -0.25) is 4.79 Å². The highest BCUT2D eigenvalue weighted by Gasteiger charge is 2.12. The fourth-order valence-corrected chi connectivity index (χ4v) is 3.14. The Morgan fingerprint density at radius 3 is 2.74 bits per heavy atom. The molecule has 0 fully saturated rings. The number of aryl methyl sites for hydroxylation is 1. The largest absolute Gasteiger partial charge is 0.352 e. The molecule has 1 heterocycles. The van der Waals surface area contributed by atoms with E-state index in [1.807, 2.05) is 6.07 Å². The van der Waals surface area contributed by atoms with Crippen molar-refractivity contribution < 1.29 is 4.79 Å². The van der Waals surface area contributed by atoms with Gasteiger partial charge in [-0.25, -0.2) is 0 Å². The topological polar surface area (TPSA) is 34.0 Å². The van der Waals surface area contributed by atoms with Crippen molar-refractivity contribution in [1.82, 2.24) is 9.88 Å². The predicted octanol–water partition coefficient (Wildman–Crippen LogP) is 4.11. The SMILES string of the molecule is Cc1c(CCNC(=O)c2cccc(Cl)c2)c2ccccc2n1C. The molecule has 1 amide bonds. The monoisotopic (exact) mass is 326 g/mol. The lowest BCUT2D eigenvalue weighted by molar-refractivity contribution is 0.0954. The van der Waals surface area contributed by atoms with Crippen molar-refractivity contribution in [1.29, 1.82) is 0 Å². The van der Waals surface area contributed by atoms with Gasteiger partial charge in [0.1, 0.15) is 0 Å². The number of hydrogen-bond donors (Lipinski definition) is 1. The summed E-state index contributed by atoms with van der Waals surface area (Å²) in [5.41, 5.74) is 4.34. The first-order chi connectivity index (χ1) is 11.1. The lowest BCUT2D eigenvalue weighted by Crippen LogP contribution is -2.25. The summed E-state index contributed by atoms with van der Waals surface area (Å²) in [4.78, 5) is 12.2. The molecule has 0 atom stereocenters. The van der Waals surface area contributed by atoms with Crippen LogP contribution in [0.4, 0.5) is 0 Å². The van der Waals surface area contributed by atoms with Crippen LogP contribution in [0.5, 0.6) is 0 Å². The van der Waals surface area contributed by atoms with Gasteiger partial charge in [-0.2, -0.15) is 0 Å². The van der Waals surface area contributed by atoms with E-state index in [0.717, 1.165) is 6.42 Å². The Bertz CT molecular complexity index is 867. The highest BCUT2D eigenvalue weighted by atomic mass is 35.5. The van der Waals surface area contributed by atoms with Gasteiger partial charge in [0.2, 0.25) is 0 Å². The standard InChI is InChI=1S/C19H19ClN2O/c1-13-16(17-8-3-4-9-18(17)22(13)2)10-11-21-19(23)14-6-5-7-15(20)12-14/h3-9,12H,10-11H2,1-2H3,(H,21,23). The Kier molecular flexibility index (Phi) is 4.39. The summed E-state index contributed by atoms with van der Waals surface area (Å²) in [6.07, 6.45) is 0.805. The third-order valence-electron chi connectivity index (χ3n) is 4.28. The molecule has 3 rings (SSSR count). The molecule has 0 bridgehead atoms. The number of carbonyl (C=O) groups excluding carboxylic acids is 1. The molecule has 4 heteroatoms. The van der Waals surface area contributed by atoms with Crippen molar-refractivity contribution in [3.05, 3.63) is 70.4 Å². The van der Waals surface area contributed by atoms with Gasteiger partial charge in [-0.05, 0) is 43.2 Å². The van der Waals surface area contributed by atoms with E-state index in [4.69, 9.17) is 11.6 Å². The van der Waals surface area contributed by atoms with Crippen LogP contribution in [-0.2, 0) is 13.5 Å². The summed E-state index contributed by atoms with van der Waals surface area (Å²) in [6.45, 7) is 2.72. The fourth-order valence-electron chi connectivity index (χ4n) is 2.95. The highest BCUT2D eigenvalue weighted by molar-refractivity contribution is 6.30. The Balaban J connectivity index is 1.72. The maximum atomic E-state index is 12.2. The summed E-state index contributed by atoms with van der Waals surface area (Å²) in [5, 5.41) is 4.79. The van der Waals surface area contributed by atoms with Gasteiger partial charge in [0.25, 0.3) is 5.91 Å². The van der Waals surface area contributed by atoms with Gasteiger partial charge in [0.05, 0.1) is 0 Å². The first-order valence-corrected chi connectivity index (χ1v) is 8.02. The third kappa shape index (κ3) is 3.10. The summed E-state index contributed by atoms with van der Waals surface area (Å²) in [5.74, 6) is -0.0922. The fraction of sp³-hybridized carbons (Fsp3) is 0.211. The van der Waals surface area contributed by atoms with E-state index in [9.17, 15) is 4.79 Å². The van der Waals surface area contributed by atoms with Crippen LogP contribution in [0.2, 0.25) is 5.02 Å². The van der Waals surface area contributed by atoms with E-state index in [0.29, 0.717) is 17.1 Å². The molecule has 0 aliphatic carbocycles. The number of halogens is 1. The van der Waals surface area contributed by atoms with Crippen LogP contribution in [0, 0.1) is 6.92 Å². The normalized spacial score (nSPS) is 10.9. The van der Waals surface area contributed by atoms with Gasteiger partial charge in [0.15, 0.2) is 0 Å². The summed E-state index contributed by atoms with van der Waals surface area (Å²) in [7, 11) is 2.08. The lowest BCUT2D eigenvalue weighted by atomic mass is 10.1. The number of amides is 1. The molecular formula is C19H19ClN2O. The lowest BCUT2D eigenvalue weighted by Gasteiger charge is -2.06. The quantitative estimate of drug-likeness (QED) is 0.769. The number of nitrogens with zero attached hydrogens (tertiary/aromatic N) is 1. The number of para-hydroxylation sites is 1. The Morgan fingerprint density at radius 2 is 1.96 bits per heavy atom. The first kappa shape index (κ1) is 15.6. The molecule has 0 aliphatic heterocycles. The number of rotatable bonds is 4. The average molecular weight is 327 g/mol. The molecule has 0 aliphatic rings. The van der Waals surface area contributed by atoms with Crippen molar-refractivity contribution in [2.45, 2.75) is 13.3 Å². The smallest absolute Gasteiger partial charge is 0.251 e. The second-order valence-electron chi connectivity index (χ2n) is 5.66. The molecule has 0 saturated carbocycles. The van der Waals surface area contributed by atoms with Crippen molar-refractivity contribution in [2.24, 2.45) is 7.05 Å². The Labute approximate surface area is 140 Å². The summed E-state index contributed by atoms with van der Waals surface area (Å²) >= 11 is 5.92. The van der Waals surface area contributed by atoms with Gasteiger partial charge < -0.3 is 9.88 Å². The average Bonchev–Trinajstić information content (AvgIpc) is 2.80. The van der Waals surface area contributed by atoms with Gasteiger partial charge >= 0.3 is 0 Å². The molecule has 23 heavy (non-hydrogen) atoms. The van der Waals surface area contributed by atoms with E-state index >= 15 is 0 Å². The number of nitrogens with one attached hydrogen (secondary N) is 1. The Hall–Kier alpha value is -2.26. The number of hydrogen-bond acceptors (Lipinski definition) is 1. The second kappa shape index (κ2) is 6.47. The van der Waals surface area contributed by atoms with Crippen LogP contribution >= 0.6 is 11.6 Å². The first-order valence-electron chi connectivity index (χ1n) is 7.64. The molecule has 1 N–H and O–H groups in total. The van der Waals surface area contributed by atoms with Crippen LogP contribution < -0.4 is 5.32 Å². The van der Waals surface area contributed by atoms with Gasteiger partial charge in [-0.15, -0.1) is 0 Å². The maximum absolute atomic E-state index is 12.2. The molecule has 3 aromatic rings. The van der Waals surface area contributed by atoms with Crippen molar-refractivity contribution >= 4 is 28.4 Å². The zero-order valence-electron chi connectivity index (χ0n) is 13.3. The van der Waals surface area contributed by atoms with Crippen LogP contribution in [0.15, 0.2) is 48.5 Å². The van der Waals surface area contributed by atoms with Crippen molar-refractivity contribution in [2.75, 3.05) is 6.54 Å². The molecule has 0 unspecified atom stereocenters. The van der Waals surface area contributed by atoms with Crippen LogP contribution in [0.1, 0.15) is 21.6 Å². The third-order valence-corrected chi connectivity index (χ3v) is 4.51. The van der Waals surface area contributed by atoms with Crippen molar-refractivity contribution in [3.63, 3.8) is 0 Å². The molecule has 0 spiro atoms. The zero-order valence-corrected chi connectivity index (χ0v) is 14.0. The highest BCUT2D eigenvalue weighted by Crippen LogP contribution is 2.24. The van der Waals surface area contributed by atoms with Gasteiger partial charge in [0, 0.05) is 40.8 Å². The minimum atomic E-state index is -0.0922. The maximum Gasteiger partial charge on any atom is 0.251 e. The van der Waals surface area contributed by atoms with E-state index in [1.54, 1.807) is 24.3 Å². The second-order valence-corrected chi connectivity index (χ2v) is 6.09. The summed E-state index contributed by atoms with van der Waals surface area (Å²) in [6, 6.07) is 15.4. The van der Waals surface area contributed by atoms with Crippen LogP contribution in [0.25, 0.3) is 10.9 Å². The van der Waals surface area contributed by atoms with E-state index < -0.39 is 0 Å². The summed E-state index contributed by atoms with van der Waals surface area (Å²) < 4.78 is 2.20. The number of benzene rings is 2. The number of aromatic nitrogens is 1. The molecular weight excluding hydrogens is 308 g/mol. The number of fused-ring (bicyclic) bond motifs is 1. The van der Waals surface area contributed by atoms with Crippen molar-refractivity contribution in [3.8, 4) is 0 Å². The number of carbonyl (C=O) groups is 1. The van der Waals surface area contributed by atoms with Gasteiger partial charge in [-0.1, -0.05) is 35.9 Å². The van der Waals surface area contributed by atoms with Crippen LogP contribution in [0.3, 0.4) is 0 Å². The molecule has 0 radical (unpaired) electrons. The van der Waals surface area contributed by atoms with E-state index in [-0.39, 0.29) is 5.91 Å². The minimum Gasteiger partial charge on any atom is -0.352 e. The van der Waals surface area contributed by atoms with Crippen LogP contribution in [-0.4, -0.2) is 17.0 Å². The van der Waals surface area contributed by atoms with E-state index in [2.05, 4.69) is 42.1 Å².